The van der Waals surface area contributed by atoms with Crippen molar-refractivity contribution in [1.29, 1.82) is 0 Å². The Hall–Kier alpha value is -0.970. The molecular formula is C16H24N2OS. The normalized spacial score (nSPS) is 20.9. The fraction of sp³-hybridized carbons (Fsp3) is 0.562. The van der Waals surface area contributed by atoms with E-state index >= 15 is 0 Å². The number of ether oxygens (including phenoxy) is 1. The van der Waals surface area contributed by atoms with Gasteiger partial charge in [-0.15, -0.1) is 0 Å². The van der Waals surface area contributed by atoms with Gasteiger partial charge in [0.15, 0.2) is 0 Å². The van der Waals surface area contributed by atoms with E-state index in [-0.39, 0.29) is 11.5 Å². The van der Waals surface area contributed by atoms with Crippen LogP contribution in [0.5, 0.6) is 0 Å². The molecule has 3 nitrogen and oxygen atoms in total. The number of rotatable bonds is 3. The average Bonchev–Trinajstić information content (AvgIpc) is 2.38. The molecule has 2 rings (SSSR count). The van der Waals surface area contributed by atoms with Gasteiger partial charge in [-0.05, 0) is 16.5 Å². The monoisotopic (exact) mass is 292 g/mol. The van der Waals surface area contributed by atoms with Crippen LogP contribution >= 0.6 is 12.2 Å². The number of thiocarbonyl (C=S) groups is 1. The molecule has 2 N–H and O–H groups in total. The number of morpholine rings is 1. The predicted molar refractivity (Wildman–Crippen MR) is 86.9 cm³/mol. The van der Waals surface area contributed by atoms with Gasteiger partial charge in [-0.2, -0.15) is 0 Å². The molecule has 20 heavy (non-hydrogen) atoms. The maximum Gasteiger partial charge on any atom is 0.120 e. The third kappa shape index (κ3) is 4.01. The Kier molecular flexibility index (Phi) is 4.78. The van der Waals surface area contributed by atoms with E-state index in [0.717, 1.165) is 19.6 Å². The summed E-state index contributed by atoms with van der Waals surface area (Å²) in [5, 5.41) is 0. The molecule has 1 aliphatic heterocycles. The molecule has 4 heteroatoms. The molecule has 0 saturated carbocycles. The summed E-state index contributed by atoms with van der Waals surface area (Å²) in [4.78, 5) is 2.80. The van der Waals surface area contributed by atoms with Gasteiger partial charge in [-0.3, -0.25) is 4.90 Å². The number of hydrogen-bond donors (Lipinski definition) is 1. The standard InChI is InChI=1S/C16H24N2OS/c1-16(2,3)13-6-4-12(5-7-13)10-18-8-9-19-14(11-18)15(17)20/h4-7,14H,8-11H2,1-3H3,(H2,17,20). The molecule has 1 unspecified atom stereocenters. The summed E-state index contributed by atoms with van der Waals surface area (Å²) in [6.07, 6.45) is -0.104. The van der Waals surface area contributed by atoms with Crippen molar-refractivity contribution < 1.29 is 4.74 Å². The van der Waals surface area contributed by atoms with Gasteiger partial charge in [-0.1, -0.05) is 57.3 Å². The Balaban J connectivity index is 1.98. The fourth-order valence-electron chi connectivity index (χ4n) is 2.39. The van der Waals surface area contributed by atoms with E-state index in [2.05, 4.69) is 49.9 Å². The average molecular weight is 292 g/mol. The Morgan fingerprint density at radius 1 is 1.35 bits per heavy atom. The van der Waals surface area contributed by atoms with Gasteiger partial charge in [0.1, 0.15) is 11.1 Å². The van der Waals surface area contributed by atoms with Crippen LogP contribution in [0.1, 0.15) is 31.9 Å². The summed E-state index contributed by atoms with van der Waals surface area (Å²) in [5.74, 6) is 0. The lowest BCUT2D eigenvalue weighted by Crippen LogP contribution is -2.47. The van der Waals surface area contributed by atoms with E-state index in [1.807, 2.05) is 0 Å². The summed E-state index contributed by atoms with van der Waals surface area (Å²) in [6, 6.07) is 8.87. The van der Waals surface area contributed by atoms with Crippen molar-refractivity contribution in [2.45, 2.75) is 38.8 Å². The van der Waals surface area contributed by atoms with E-state index in [1.165, 1.54) is 11.1 Å². The minimum Gasteiger partial charge on any atom is -0.391 e. The fourth-order valence-corrected chi connectivity index (χ4v) is 2.53. The molecule has 0 spiro atoms. The highest BCUT2D eigenvalue weighted by Gasteiger charge is 2.22. The van der Waals surface area contributed by atoms with Crippen LogP contribution in [0.25, 0.3) is 0 Å². The highest BCUT2D eigenvalue weighted by molar-refractivity contribution is 7.80. The van der Waals surface area contributed by atoms with Crippen LogP contribution in [0.4, 0.5) is 0 Å². The molecule has 1 aromatic carbocycles. The molecular weight excluding hydrogens is 268 g/mol. The largest absolute Gasteiger partial charge is 0.391 e. The SMILES string of the molecule is CC(C)(C)c1ccc(CN2CCOC(C(N)=S)C2)cc1. The molecule has 1 saturated heterocycles. The van der Waals surface area contributed by atoms with Crippen molar-refractivity contribution in [2.24, 2.45) is 5.73 Å². The first-order chi connectivity index (χ1) is 9.36. The molecule has 0 bridgehead atoms. The first-order valence-electron chi connectivity index (χ1n) is 7.09. The van der Waals surface area contributed by atoms with Crippen molar-refractivity contribution in [2.75, 3.05) is 19.7 Å². The zero-order valence-corrected chi connectivity index (χ0v) is 13.4. The molecule has 1 atom stereocenters. The number of benzene rings is 1. The Morgan fingerprint density at radius 2 is 2.00 bits per heavy atom. The maximum absolute atomic E-state index is 5.67. The lowest BCUT2D eigenvalue weighted by atomic mass is 9.87. The summed E-state index contributed by atoms with van der Waals surface area (Å²) in [6.45, 7) is 10.0. The van der Waals surface area contributed by atoms with Crippen LogP contribution in [-0.4, -0.2) is 35.7 Å². The van der Waals surface area contributed by atoms with E-state index in [1.54, 1.807) is 0 Å². The molecule has 0 aromatic heterocycles. The van der Waals surface area contributed by atoms with E-state index < -0.39 is 0 Å². The summed E-state index contributed by atoms with van der Waals surface area (Å²) < 4.78 is 5.56. The summed E-state index contributed by atoms with van der Waals surface area (Å²) in [5.41, 5.74) is 8.56. The first-order valence-corrected chi connectivity index (χ1v) is 7.50. The first kappa shape index (κ1) is 15.4. The molecule has 110 valence electrons. The zero-order chi connectivity index (χ0) is 14.8. The highest BCUT2D eigenvalue weighted by Crippen LogP contribution is 2.22. The van der Waals surface area contributed by atoms with Crippen molar-refractivity contribution in [1.82, 2.24) is 4.90 Å². The Morgan fingerprint density at radius 3 is 2.55 bits per heavy atom. The second-order valence-corrected chi connectivity index (χ2v) is 6.92. The highest BCUT2D eigenvalue weighted by atomic mass is 32.1. The quantitative estimate of drug-likeness (QED) is 0.869. The van der Waals surface area contributed by atoms with Crippen LogP contribution in [-0.2, 0) is 16.7 Å². The summed E-state index contributed by atoms with van der Waals surface area (Å²) >= 11 is 5.02. The van der Waals surface area contributed by atoms with Crippen LogP contribution in [0.15, 0.2) is 24.3 Å². The van der Waals surface area contributed by atoms with E-state index in [4.69, 9.17) is 22.7 Å². The van der Waals surface area contributed by atoms with Gasteiger partial charge in [0, 0.05) is 19.6 Å². The minimum absolute atomic E-state index is 0.104. The second kappa shape index (κ2) is 6.20. The van der Waals surface area contributed by atoms with Crippen molar-refractivity contribution in [3.8, 4) is 0 Å². The number of nitrogens with zero attached hydrogens (tertiary/aromatic N) is 1. The third-order valence-corrected chi connectivity index (χ3v) is 3.96. The van der Waals surface area contributed by atoms with E-state index in [9.17, 15) is 0 Å². The lowest BCUT2D eigenvalue weighted by molar-refractivity contribution is 0.00390. The molecule has 0 radical (unpaired) electrons. The van der Waals surface area contributed by atoms with Crippen molar-refractivity contribution in [3.63, 3.8) is 0 Å². The molecule has 0 aliphatic carbocycles. The lowest BCUT2D eigenvalue weighted by Gasteiger charge is -2.32. The third-order valence-electron chi connectivity index (χ3n) is 3.69. The van der Waals surface area contributed by atoms with Crippen LogP contribution < -0.4 is 5.73 Å². The Bertz CT molecular complexity index is 464. The summed E-state index contributed by atoms with van der Waals surface area (Å²) in [7, 11) is 0. The molecule has 1 heterocycles. The van der Waals surface area contributed by atoms with E-state index in [0.29, 0.717) is 11.6 Å². The van der Waals surface area contributed by atoms with Crippen molar-refractivity contribution >= 4 is 17.2 Å². The van der Waals surface area contributed by atoms with Crippen LogP contribution in [0, 0.1) is 0 Å². The molecule has 1 aromatic rings. The number of hydrogen-bond acceptors (Lipinski definition) is 3. The van der Waals surface area contributed by atoms with Gasteiger partial charge in [-0.25, -0.2) is 0 Å². The van der Waals surface area contributed by atoms with Gasteiger partial charge >= 0.3 is 0 Å². The molecule has 1 fully saturated rings. The van der Waals surface area contributed by atoms with Crippen molar-refractivity contribution in [3.05, 3.63) is 35.4 Å². The predicted octanol–water partition coefficient (Wildman–Crippen LogP) is 2.47. The topological polar surface area (TPSA) is 38.5 Å². The zero-order valence-electron chi connectivity index (χ0n) is 12.6. The minimum atomic E-state index is -0.104. The van der Waals surface area contributed by atoms with Gasteiger partial charge in [0.05, 0.1) is 6.61 Å². The van der Waals surface area contributed by atoms with Crippen LogP contribution in [0.2, 0.25) is 0 Å². The van der Waals surface area contributed by atoms with Crippen LogP contribution in [0.3, 0.4) is 0 Å². The van der Waals surface area contributed by atoms with Gasteiger partial charge in [0.2, 0.25) is 0 Å². The Labute approximate surface area is 127 Å². The molecule has 1 aliphatic rings. The number of nitrogens with two attached hydrogens (primary N) is 1. The van der Waals surface area contributed by atoms with Gasteiger partial charge in [0.25, 0.3) is 0 Å². The smallest absolute Gasteiger partial charge is 0.120 e. The molecule has 0 amide bonds. The van der Waals surface area contributed by atoms with Gasteiger partial charge < -0.3 is 10.5 Å². The maximum atomic E-state index is 5.67. The second-order valence-electron chi connectivity index (χ2n) is 6.44.